The van der Waals surface area contributed by atoms with Crippen LogP contribution in [0.2, 0.25) is 0 Å². The van der Waals surface area contributed by atoms with Gasteiger partial charge >= 0.3 is 0 Å². The first-order chi connectivity index (χ1) is 4.89. The van der Waals surface area contributed by atoms with Crippen LogP contribution in [-0.2, 0) is 0 Å². The topological polar surface area (TPSA) is 78.1 Å². The van der Waals surface area contributed by atoms with Crippen LogP contribution in [0, 0.1) is 0 Å². The first kappa shape index (κ1) is 16.6. The number of hydrogen-bond acceptors (Lipinski definition) is 3. The molecule has 0 aromatic rings. The fourth-order valence-electron chi connectivity index (χ4n) is 0.0630. The summed E-state index contributed by atoms with van der Waals surface area (Å²) in [7, 11) is 4.50. The van der Waals surface area contributed by atoms with E-state index in [0.29, 0.717) is 5.38 Å². The molecular formula is C6H20ClN3. The summed E-state index contributed by atoms with van der Waals surface area (Å²) in [6.45, 7) is 0. The maximum Gasteiger partial charge on any atom is 0.0337 e. The smallest absolute Gasteiger partial charge is 0.0337 e. The third kappa shape index (κ3) is 41.8. The molecule has 1 saturated carbocycles. The zero-order valence-corrected chi connectivity index (χ0v) is 7.86. The molecule has 0 aromatic carbocycles. The standard InChI is InChI=1S/C3H5Cl.3CH5N/c4-3-1-2-3;3*1-2/h3H,1-2H2;3*2H2,1H3. The summed E-state index contributed by atoms with van der Waals surface area (Å²) >= 11 is 5.39. The molecule has 1 aliphatic rings. The highest BCUT2D eigenvalue weighted by molar-refractivity contribution is 6.22. The molecule has 66 valence electrons. The fourth-order valence-corrected chi connectivity index (χ4v) is 0.189. The minimum absolute atomic E-state index is 0.556. The second-order valence-electron chi connectivity index (χ2n) is 1.17. The monoisotopic (exact) mass is 169 g/mol. The number of nitrogens with two attached hydrogens (primary N) is 3. The summed E-state index contributed by atoms with van der Waals surface area (Å²) in [5.74, 6) is 0. The summed E-state index contributed by atoms with van der Waals surface area (Å²) in [6, 6.07) is 0. The zero-order valence-electron chi connectivity index (χ0n) is 7.10. The van der Waals surface area contributed by atoms with Gasteiger partial charge in [0.2, 0.25) is 0 Å². The molecule has 0 aromatic heterocycles. The summed E-state index contributed by atoms with van der Waals surface area (Å²) in [5, 5.41) is 0.556. The van der Waals surface area contributed by atoms with E-state index in [1.54, 1.807) is 0 Å². The molecule has 4 heteroatoms. The van der Waals surface area contributed by atoms with E-state index in [1.807, 2.05) is 0 Å². The van der Waals surface area contributed by atoms with Crippen LogP contribution >= 0.6 is 11.6 Å². The molecule has 0 atom stereocenters. The van der Waals surface area contributed by atoms with E-state index < -0.39 is 0 Å². The summed E-state index contributed by atoms with van der Waals surface area (Å²) < 4.78 is 0. The van der Waals surface area contributed by atoms with Crippen LogP contribution in [0.5, 0.6) is 0 Å². The Morgan fingerprint density at radius 1 is 0.900 bits per heavy atom. The Balaban J connectivity index is -0.0000000729. The van der Waals surface area contributed by atoms with Gasteiger partial charge in [-0.1, -0.05) is 0 Å². The highest BCUT2D eigenvalue weighted by Crippen LogP contribution is 2.25. The molecule has 0 aliphatic heterocycles. The van der Waals surface area contributed by atoms with Crippen molar-refractivity contribution in [3.8, 4) is 0 Å². The highest BCUT2D eigenvalue weighted by Gasteiger charge is 2.15. The highest BCUT2D eigenvalue weighted by atomic mass is 35.5. The summed E-state index contributed by atoms with van der Waals surface area (Å²) in [5.41, 5.74) is 13.5. The Bertz CT molecular complexity index is 32.2. The van der Waals surface area contributed by atoms with Gasteiger partial charge in [0, 0.05) is 5.38 Å². The van der Waals surface area contributed by atoms with Gasteiger partial charge in [-0.05, 0) is 34.0 Å². The van der Waals surface area contributed by atoms with Crippen molar-refractivity contribution in [1.29, 1.82) is 0 Å². The molecule has 0 bridgehead atoms. The normalized spacial score (nSPS) is 12.3. The van der Waals surface area contributed by atoms with Crippen molar-refractivity contribution in [3.05, 3.63) is 0 Å². The summed E-state index contributed by atoms with van der Waals surface area (Å²) in [6.07, 6.45) is 2.50. The van der Waals surface area contributed by atoms with Gasteiger partial charge in [0.15, 0.2) is 0 Å². The van der Waals surface area contributed by atoms with Gasteiger partial charge in [0.05, 0.1) is 0 Å². The average molecular weight is 170 g/mol. The molecule has 0 spiro atoms. The van der Waals surface area contributed by atoms with Crippen LogP contribution < -0.4 is 17.2 Å². The summed E-state index contributed by atoms with van der Waals surface area (Å²) in [4.78, 5) is 0. The van der Waals surface area contributed by atoms with Crippen molar-refractivity contribution >= 4 is 11.6 Å². The second kappa shape index (κ2) is 22.9. The maximum atomic E-state index is 5.39. The third-order valence-electron chi connectivity index (χ3n) is 0.507. The van der Waals surface area contributed by atoms with E-state index in [9.17, 15) is 0 Å². The van der Waals surface area contributed by atoms with Crippen molar-refractivity contribution < 1.29 is 0 Å². The van der Waals surface area contributed by atoms with Crippen LogP contribution in [0.4, 0.5) is 0 Å². The quantitative estimate of drug-likeness (QED) is 0.451. The number of hydrogen-bond donors (Lipinski definition) is 3. The number of halogens is 1. The lowest BCUT2D eigenvalue weighted by molar-refractivity contribution is 1.48. The predicted octanol–water partition coefficient (Wildman–Crippen LogP) is 0.112. The minimum Gasteiger partial charge on any atom is -0.333 e. The molecular weight excluding hydrogens is 150 g/mol. The largest absolute Gasteiger partial charge is 0.333 e. The van der Waals surface area contributed by atoms with Gasteiger partial charge in [0.1, 0.15) is 0 Å². The SMILES string of the molecule is CN.CN.CN.ClC1CC1. The lowest BCUT2D eigenvalue weighted by Gasteiger charge is -1.50. The van der Waals surface area contributed by atoms with Crippen LogP contribution in [-0.4, -0.2) is 26.5 Å². The maximum absolute atomic E-state index is 5.39. The van der Waals surface area contributed by atoms with E-state index in [4.69, 9.17) is 11.6 Å². The number of alkyl halides is 1. The Morgan fingerprint density at radius 3 is 1.00 bits per heavy atom. The predicted molar refractivity (Wildman–Crippen MR) is 49.2 cm³/mol. The van der Waals surface area contributed by atoms with Crippen molar-refractivity contribution in [1.82, 2.24) is 0 Å². The molecule has 1 aliphatic carbocycles. The first-order valence-electron chi connectivity index (χ1n) is 3.27. The number of rotatable bonds is 0. The van der Waals surface area contributed by atoms with E-state index in [2.05, 4.69) is 17.2 Å². The molecule has 0 unspecified atom stereocenters. The van der Waals surface area contributed by atoms with Crippen LogP contribution in [0.1, 0.15) is 12.8 Å². The van der Waals surface area contributed by atoms with Crippen molar-refractivity contribution in [2.24, 2.45) is 17.2 Å². The van der Waals surface area contributed by atoms with E-state index in [-0.39, 0.29) is 0 Å². The molecule has 0 saturated heterocycles. The van der Waals surface area contributed by atoms with Gasteiger partial charge < -0.3 is 17.2 Å². The van der Waals surface area contributed by atoms with Crippen molar-refractivity contribution in [3.63, 3.8) is 0 Å². The Hall–Kier alpha value is 0.170. The second-order valence-corrected chi connectivity index (χ2v) is 1.79. The molecule has 10 heavy (non-hydrogen) atoms. The van der Waals surface area contributed by atoms with Gasteiger partial charge in [-0.3, -0.25) is 0 Å². The van der Waals surface area contributed by atoms with E-state index in [1.165, 1.54) is 34.0 Å². The lowest BCUT2D eigenvalue weighted by Crippen LogP contribution is -1.69. The van der Waals surface area contributed by atoms with Crippen LogP contribution in [0.15, 0.2) is 0 Å². The van der Waals surface area contributed by atoms with Gasteiger partial charge in [-0.15, -0.1) is 11.6 Å². The van der Waals surface area contributed by atoms with Crippen molar-refractivity contribution in [2.45, 2.75) is 18.2 Å². The Kier molecular flexibility index (Phi) is 38.1. The van der Waals surface area contributed by atoms with Crippen molar-refractivity contribution in [2.75, 3.05) is 21.1 Å². The first-order valence-corrected chi connectivity index (χ1v) is 3.70. The van der Waals surface area contributed by atoms with E-state index >= 15 is 0 Å². The van der Waals surface area contributed by atoms with Gasteiger partial charge in [-0.25, -0.2) is 0 Å². The van der Waals surface area contributed by atoms with Crippen LogP contribution in [0.3, 0.4) is 0 Å². The molecule has 3 nitrogen and oxygen atoms in total. The molecule has 0 radical (unpaired) electrons. The molecule has 1 fully saturated rings. The Labute approximate surface area is 68.9 Å². The molecule has 0 amide bonds. The lowest BCUT2D eigenvalue weighted by atomic mass is 11.0. The molecule has 1 rings (SSSR count). The minimum atomic E-state index is 0.556. The third-order valence-corrected chi connectivity index (χ3v) is 0.943. The Morgan fingerprint density at radius 2 is 1.00 bits per heavy atom. The fraction of sp³-hybridized carbons (Fsp3) is 1.00. The van der Waals surface area contributed by atoms with Crippen LogP contribution in [0.25, 0.3) is 0 Å². The zero-order chi connectivity index (χ0) is 8.99. The van der Waals surface area contributed by atoms with Gasteiger partial charge in [0.25, 0.3) is 0 Å². The molecule has 0 heterocycles. The van der Waals surface area contributed by atoms with E-state index in [0.717, 1.165) is 0 Å². The average Bonchev–Trinajstić information content (AvgIpc) is 2.84. The molecule has 6 N–H and O–H groups in total. The van der Waals surface area contributed by atoms with Gasteiger partial charge in [-0.2, -0.15) is 0 Å².